The van der Waals surface area contributed by atoms with Crippen LogP contribution in [0.15, 0.2) is 12.3 Å². The average molecular weight is 279 g/mol. The van der Waals surface area contributed by atoms with Crippen LogP contribution >= 0.6 is 0 Å². The molecule has 0 aromatic carbocycles. The van der Waals surface area contributed by atoms with Crippen molar-refractivity contribution in [2.75, 3.05) is 5.32 Å². The van der Waals surface area contributed by atoms with Crippen LogP contribution in [0.2, 0.25) is 0 Å². The van der Waals surface area contributed by atoms with Crippen molar-refractivity contribution in [1.82, 2.24) is 4.98 Å². The molecule has 1 aromatic heterocycles. The molecular weight excluding hydrogens is 262 g/mol. The van der Waals surface area contributed by atoms with Crippen molar-refractivity contribution in [3.8, 4) is 0 Å². The number of carbonyl (C=O) groups is 1. The fourth-order valence-corrected chi connectivity index (χ4v) is 2.59. The van der Waals surface area contributed by atoms with Crippen molar-refractivity contribution in [3.05, 3.63) is 27.9 Å². The topological polar surface area (TPSA) is 105 Å². The molecule has 108 valence electrons. The second kappa shape index (κ2) is 5.85. The molecule has 7 nitrogen and oxygen atoms in total. The molecule has 1 aliphatic carbocycles. The van der Waals surface area contributed by atoms with Gasteiger partial charge in [-0.05, 0) is 18.8 Å². The molecule has 2 unspecified atom stereocenters. The molecule has 2 rings (SSSR count). The summed E-state index contributed by atoms with van der Waals surface area (Å²) in [6.45, 7) is 2.16. The molecule has 1 aliphatic rings. The van der Waals surface area contributed by atoms with Crippen LogP contribution in [0.25, 0.3) is 0 Å². The molecule has 1 heterocycles. The smallest absolute Gasteiger partial charge is 0.339 e. The first-order valence-corrected chi connectivity index (χ1v) is 6.61. The van der Waals surface area contributed by atoms with Gasteiger partial charge in [0.2, 0.25) is 0 Å². The normalized spacial score (nSPS) is 22.2. The van der Waals surface area contributed by atoms with E-state index in [1.165, 1.54) is 6.42 Å². The molecule has 1 aromatic rings. The minimum Gasteiger partial charge on any atom is -0.478 e. The highest BCUT2D eigenvalue weighted by molar-refractivity contribution is 5.93. The monoisotopic (exact) mass is 279 g/mol. The van der Waals surface area contributed by atoms with E-state index in [1.54, 1.807) is 0 Å². The summed E-state index contributed by atoms with van der Waals surface area (Å²) >= 11 is 0. The number of rotatable bonds is 4. The molecule has 0 aliphatic heterocycles. The first-order valence-electron chi connectivity index (χ1n) is 6.61. The number of aromatic carboxylic acids is 1. The molecule has 0 spiro atoms. The lowest BCUT2D eigenvalue weighted by atomic mass is 9.87. The minimum absolute atomic E-state index is 0.155. The Hall–Kier alpha value is -2.18. The van der Waals surface area contributed by atoms with Crippen LogP contribution in [-0.2, 0) is 0 Å². The molecule has 0 radical (unpaired) electrons. The summed E-state index contributed by atoms with van der Waals surface area (Å²) in [7, 11) is 0. The Bertz CT molecular complexity index is 532. The first-order chi connectivity index (χ1) is 9.47. The maximum Gasteiger partial charge on any atom is 0.339 e. The first kappa shape index (κ1) is 14.2. The van der Waals surface area contributed by atoms with Gasteiger partial charge in [0.05, 0.1) is 4.92 Å². The third-order valence-electron chi connectivity index (χ3n) is 3.59. The van der Waals surface area contributed by atoms with E-state index >= 15 is 0 Å². The average Bonchev–Trinajstić information content (AvgIpc) is 2.38. The molecule has 20 heavy (non-hydrogen) atoms. The zero-order chi connectivity index (χ0) is 14.7. The van der Waals surface area contributed by atoms with Gasteiger partial charge in [0.15, 0.2) is 0 Å². The van der Waals surface area contributed by atoms with E-state index in [-0.39, 0.29) is 23.1 Å². The highest BCUT2D eigenvalue weighted by Crippen LogP contribution is 2.27. The van der Waals surface area contributed by atoms with Crippen molar-refractivity contribution in [2.45, 2.75) is 38.6 Å². The number of pyridine rings is 1. The van der Waals surface area contributed by atoms with Crippen molar-refractivity contribution < 1.29 is 14.8 Å². The van der Waals surface area contributed by atoms with Gasteiger partial charge in [-0.25, -0.2) is 9.78 Å². The van der Waals surface area contributed by atoms with E-state index in [1.807, 2.05) is 0 Å². The summed E-state index contributed by atoms with van der Waals surface area (Å²) < 4.78 is 0. The van der Waals surface area contributed by atoms with Gasteiger partial charge in [-0.2, -0.15) is 0 Å². The van der Waals surface area contributed by atoms with Crippen LogP contribution in [0, 0.1) is 16.0 Å². The second-order valence-corrected chi connectivity index (χ2v) is 5.26. The number of hydrogen-bond acceptors (Lipinski definition) is 5. The Kier molecular flexibility index (Phi) is 4.16. The van der Waals surface area contributed by atoms with Crippen molar-refractivity contribution in [2.24, 2.45) is 5.92 Å². The van der Waals surface area contributed by atoms with E-state index < -0.39 is 10.9 Å². The molecule has 0 amide bonds. The van der Waals surface area contributed by atoms with Crippen LogP contribution in [0.1, 0.15) is 43.0 Å². The Morgan fingerprint density at radius 2 is 2.30 bits per heavy atom. The maximum atomic E-state index is 11.2. The lowest BCUT2D eigenvalue weighted by Crippen LogP contribution is -2.27. The van der Waals surface area contributed by atoms with Crippen molar-refractivity contribution in [3.63, 3.8) is 0 Å². The molecule has 1 fully saturated rings. The number of aromatic nitrogens is 1. The second-order valence-electron chi connectivity index (χ2n) is 5.26. The third kappa shape index (κ3) is 3.23. The van der Waals surface area contributed by atoms with E-state index in [0.717, 1.165) is 31.5 Å². The lowest BCUT2D eigenvalue weighted by molar-refractivity contribution is -0.385. The number of nitro groups is 1. The number of nitrogens with one attached hydrogen (secondary N) is 1. The molecule has 7 heteroatoms. The van der Waals surface area contributed by atoms with Gasteiger partial charge in [0.1, 0.15) is 17.6 Å². The van der Waals surface area contributed by atoms with Crippen LogP contribution < -0.4 is 5.32 Å². The Labute approximate surface area is 116 Å². The highest BCUT2D eigenvalue weighted by atomic mass is 16.6. The predicted octanol–water partition coefficient (Wildman–Crippen LogP) is 2.68. The summed E-state index contributed by atoms with van der Waals surface area (Å²) in [5.74, 6) is -0.415. The zero-order valence-electron chi connectivity index (χ0n) is 11.2. The van der Waals surface area contributed by atoms with Gasteiger partial charge in [0.25, 0.3) is 5.69 Å². The van der Waals surface area contributed by atoms with E-state index in [4.69, 9.17) is 5.11 Å². The molecule has 0 bridgehead atoms. The van der Waals surface area contributed by atoms with Gasteiger partial charge >= 0.3 is 5.97 Å². The molecule has 0 saturated heterocycles. The predicted molar refractivity (Wildman–Crippen MR) is 72.9 cm³/mol. The van der Waals surface area contributed by atoms with Crippen LogP contribution in [0.4, 0.5) is 11.5 Å². The van der Waals surface area contributed by atoms with Gasteiger partial charge in [-0.3, -0.25) is 10.1 Å². The summed E-state index contributed by atoms with van der Waals surface area (Å²) in [6.07, 6.45) is 5.27. The van der Waals surface area contributed by atoms with Crippen LogP contribution in [-0.4, -0.2) is 27.0 Å². The molecular formula is C13H17N3O4. The Morgan fingerprint density at radius 3 is 2.90 bits per heavy atom. The van der Waals surface area contributed by atoms with E-state index in [9.17, 15) is 14.9 Å². The van der Waals surface area contributed by atoms with Crippen molar-refractivity contribution in [1.29, 1.82) is 0 Å². The fourth-order valence-electron chi connectivity index (χ4n) is 2.59. The maximum absolute atomic E-state index is 11.2. The van der Waals surface area contributed by atoms with Gasteiger partial charge < -0.3 is 10.4 Å². The van der Waals surface area contributed by atoms with Gasteiger partial charge in [0, 0.05) is 12.1 Å². The van der Waals surface area contributed by atoms with Gasteiger partial charge in [-0.15, -0.1) is 0 Å². The molecule has 2 N–H and O–H groups in total. The largest absolute Gasteiger partial charge is 0.478 e. The summed E-state index contributed by atoms with van der Waals surface area (Å²) in [5, 5.41) is 22.9. The quantitative estimate of drug-likeness (QED) is 0.648. The summed E-state index contributed by atoms with van der Waals surface area (Å²) in [5.41, 5.74) is -0.470. The number of carboxylic acids is 1. The number of nitrogens with zero attached hydrogens (tertiary/aromatic N) is 2. The molecule has 1 saturated carbocycles. The zero-order valence-corrected chi connectivity index (χ0v) is 11.2. The van der Waals surface area contributed by atoms with Crippen LogP contribution in [0.3, 0.4) is 0 Å². The Morgan fingerprint density at radius 1 is 1.55 bits per heavy atom. The summed E-state index contributed by atoms with van der Waals surface area (Å²) in [4.78, 5) is 25.1. The van der Waals surface area contributed by atoms with Gasteiger partial charge in [-0.1, -0.05) is 19.8 Å². The van der Waals surface area contributed by atoms with Crippen LogP contribution in [0.5, 0.6) is 0 Å². The van der Waals surface area contributed by atoms with E-state index in [0.29, 0.717) is 5.92 Å². The number of hydrogen-bond donors (Lipinski definition) is 2. The SMILES string of the molecule is CC1CCCC(Nc2ncc([N+](=O)[O-])cc2C(=O)O)C1. The number of carboxylic acid groups (broad SMARTS) is 1. The minimum atomic E-state index is -1.22. The summed E-state index contributed by atoms with van der Waals surface area (Å²) in [6, 6.07) is 1.22. The highest BCUT2D eigenvalue weighted by Gasteiger charge is 2.23. The standard InChI is InChI=1S/C13H17N3O4/c1-8-3-2-4-9(5-8)15-12-11(13(17)18)6-10(7-14-12)16(19)20/h6-9H,2-5H2,1H3,(H,14,15)(H,17,18). The Balaban J connectivity index is 2.22. The molecule has 2 atom stereocenters. The fraction of sp³-hybridized carbons (Fsp3) is 0.538. The van der Waals surface area contributed by atoms with E-state index in [2.05, 4.69) is 17.2 Å². The third-order valence-corrected chi connectivity index (χ3v) is 3.59. The number of anilines is 1. The lowest BCUT2D eigenvalue weighted by Gasteiger charge is -2.28. The van der Waals surface area contributed by atoms with Crippen molar-refractivity contribution >= 4 is 17.5 Å².